The Kier molecular flexibility index (Phi) is 4.07. The second-order valence-electron chi connectivity index (χ2n) is 6.65. The first-order valence-electron chi connectivity index (χ1n) is 7.18. The number of carboxylic acids is 1. The number of carbonyl (C=O) groups is 2. The third-order valence-corrected chi connectivity index (χ3v) is 4.34. The summed E-state index contributed by atoms with van der Waals surface area (Å²) in [7, 11) is 0. The van der Waals surface area contributed by atoms with E-state index in [0.29, 0.717) is 19.0 Å². The molecule has 2 fully saturated rings. The SMILES string of the molecule is CC1CCCC(N)(C(=O)N2CC(C)(OCC(=O)O)C2)C1. The zero-order chi connectivity index (χ0) is 15.0. The Balaban J connectivity index is 1.88. The highest BCUT2D eigenvalue weighted by Gasteiger charge is 2.49. The van der Waals surface area contributed by atoms with Crippen LogP contribution in [0.1, 0.15) is 39.5 Å². The maximum absolute atomic E-state index is 12.5. The van der Waals surface area contributed by atoms with Crippen LogP contribution in [0, 0.1) is 5.92 Å². The fourth-order valence-electron chi connectivity index (χ4n) is 3.33. The molecule has 0 radical (unpaired) electrons. The summed E-state index contributed by atoms with van der Waals surface area (Å²) >= 11 is 0. The van der Waals surface area contributed by atoms with Crippen molar-refractivity contribution in [1.29, 1.82) is 0 Å². The minimum absolute atomic E-state index is 0.0135. The highest BCUT2D eigenvalue weighted by atomic mass is 16.5. The standard InChI is InChI=1S/C14H24N2O4/c1-10-4-3-5-14(15,6-10)12(19)16-8-13(2,9-16)20-7-11(17)18/h10H,3-9,15H2,1-2H3,(H,17,18). The third kappa shape index (κ3) is 3.12. The lowest BCUT2D eigenvalue weighted by Crippen LogP contribution is -2.69. The number of hydrogen-bond acceptors (Lipinski definition) is 4. The molecule has 1 saturated carbocycles. The van der Waals surface area contributed by atoms with Gasteiger partial charge < -0.3 is 20.5 Å². The van der Waals surface area contributed by atoms with Gasteiger partial charge in [-0.1, -0.05) is 19.8 Å². The van der Waals surface area contributed by atoms with Crippen molar-refractivity contribution in [2.75, 3.05) is 19.7 Å². The maximum atomic E-state index is 12.5. The van der Waals surface area contributed by atoms with Gasteiger partial charge in [0, 0.05) is 0 Å². The zero-order valence-electron chi connectivity index (χ0n) is 12.2. The number of carboxylic acid groups (broad SMARTS) is 1. The van der Waals surface area contributed by atoms with Gasteiger partial charge in [-0.25, -0.2) is 4.79 Å². The van der Waals surface area contributed by atoms with E-state index in [9.17, 15) is 9.59 Å². The molecule has 3 N–H and O–H groups in total. The van der Waals surface area contributed by atoms with Crippen molar-refractivity contribution in [2.24, 2.45) is 11.7 Å². The van der Waals surface area contributed by atoms with E-state index >= 15 is 0 Å². The highest BCUT2D eigenvalue weighted by Crippen LogP contribution is 2.35. The van der Waals surface area contributed by atoms with Gasteiger partial charge in [-0.3, -0.25) is 4.79 Å². The average molecular weight is 284 g/mol. The van der Waals surface area contributed by atoms with Crippen LogP contribution >= 0.6 is 0 Å². The molecule has 1 heterocycles. The maximum Gasteiger partial charge on any atom is 0.329 e. The van der Waals surface area contributed by atoms with Gasteiger partial charge in [0.1, 0.15) is 12.2 Å². The molecule has 6 heteroatoms. The Labute approximate surface area is 119 Å². The lowest BCUT2D eigenvalue weighted by atomic mass is 9.75. The van der Waals surface area contributed by atoms with Crippen LogP contribution in [0.5, 0.6) is 0 Å². The summed E-state index contributed by atoms with van der Waals surface area (Å²) in [4.78, 5) is 24.7. The molecule has 0 aromatic rings. The topological polar surface area (TPSA) is 92.9 Å². The highest BCUT2D eigenvalue weighted by molar-refractivity contribution is 5.87. The summed E-state index contributed by atoms with van der Waals surface area (Å²) < 4.78 is 5.31. The Morgan fingerprint density at radius 2 is 2.10 bits per heavy atom. The van der Waals surface area contributed by atoms with E-state index in [1.54, 1.807) is 4.90 Å². The lowest BCUT2D eigenvalue weighted by Gasteiger charge is -2.50. The second kappa shape index (κ2) is 5.33. The summed E-state index contributed by atoms with van der Waals surface area (Å²) in [5, 5.41) is 8.62. The number of nitrogens with two attached hydrogens (primary N) is 1. The van der Waals surface area contributed by atoms with Gasteiger partial charge in [0.2, 0.25) is 5.91 Å². The third-order valence-electron chi connectivity index (χ3n) is 4.34. The molecule has 2 unspecified atom stereocenters. The Hall–Kier alpha value is -1.14. The summed E-state index contributed by atoms with van der Waals surface area (Å²) in [6, 6.07) is 0. The molecule has 0 spiro atoms. The fourth-order valence-corrected chi connectivity index (χ4v) is 3.33. The minimum Gasteiger partial charge on any atom is -0.480 e. The van der Waals surface area contributed by atoms with E-state index in [2.05, 4.69) is 6.92 Å². The fraction of sp³-hybridized carbons (Fsp3) is 0.857. The number of aliphatic carboxylic acids is 1. The van der Waals surface area contributed by atoms with Crippen LogP contribution in [0.25, 0.3) is 0 Å². The Bertz CT molecular complexity index is 406. The number of nitrogens with zero attached hydrogens (tertiary/aromatic N) is 1. The summed E-state index contributed by atoms with van der Waals surface area (Å²) in [5.74, 6) is -0.526. The van der Waals surface area contributed by atoms with Crippen molar-refractivity contribution < 1.29 is 19.4 Å². The van der Waals surface area contributed by atoms with Gasteiger partial charge in [0.15, 0.2) is 0 Å². The summed E-state index contributed by atoms with van der Waals surface area (Å²) in [6.45, 7) is 4.47. The van der Waals surface area contributed by atoms with E-state index < -0.39 is 17.1 Å². The van der Waals surface area contributed by atoms with Crippen LogP contribution < -0.4 is 5.73 Å². The largest absolute Gasteiger partial charge is 0.480 e. The van der Waals surface area contributed by atoms with Crippen molar-refractivity contribution in [3.8, 4) is 0 Å². The molecule has 2 atom stereocenters. The van der Waals surface area contributed by atoms with E-state index in [1.807, 2.05) is 6.92 Å². The van der Waals surface area contributed by atoms with Crippen molar-refractivity contribution in [3.63, 3.8) is 0 Å². The van der Waals surface area contributed by atoms with E-state index in [4.69, 9.17) is 15.6 Å². The molecule has 1 amide bonds. The van der Waals surface area contributed by atoms with Crippen LogP contribution in [0.15, 0.2) is 0 Å². The van der Waals surface area contributed by atoms with Crippen LogP contribution in [0.3, 0.4) is 0 Å². The van der Waals surface area contributed by atoms with E-state index in [-0.39, 0.29) is 12.5 Å². The van der Waals surface area contributed by atoms with Gasteiger partial charge in [0.25, 0.3) is 0 Å². The summed E-state index contributed by atoms with van der Waals surface area (Å²) in [6.07, 6.45) is 3.59. The number of amides is 1. The Morgan fingerprint density at radius 3 is 2.65 bits per heavy atom. The number of likely N-dealkylation sites (tertiary alicyclic amines) is 1. The van der Waals surface area contributed by atoms with E-state index in [1.165, 1.54) is 0 Å². The molecular formula is C14H24N2O4. The molecule has 6 nitrogen and oxygen atoms in total. The number of hydrogen-bond donors (Lipinski definition) is 2. The van der Waals surface area contributed by atoms with Gasteiger partial charge in [-0.2, -0.15) is 0 Å². The van der Waals surface area contributed by atoms with Gasteiger partial charge in [0.05, 0.1) is 18.6 Å². The average Bonchev–Trinajstić information content (AvgIpc) is 2.32. The quantitative estimate of drug-likeness (QED) is 0.788. The predicted octanol–water partition coefficient (Wildman–Crippen LogP) is 0.596. The predicted molar refractivity (Wildman–Crippen MR) is 73.1 cm³/mol. The van der Waals surface area contributed by atoms with Crippen LogP contribution in [0.2, 0.25) is 0 Å². The molecule has 1 aliphatic carbocycles. The molecule has 1 saturated heterocycles. The van der Waals surface area contributed by atoms with Crippen molar-refractivity contribution in [1.82, 2.24) is 4.90 Å². The van der Waals surface area contributed by atoms with Crippen molar-refractivity contribution in [2.45, 2.75) is 50.7 Å². The molecule has 114 valence electrons. The van der Waals surface area contributed by atoms with Crippen LogP contribution in [0.4, 0.5) is 0 Å². The zero-order valence-corrected chi connectivity index (χ0v) is 12.2. The molecule has 0 aromatic heterocycles. The van der Waals surface area contributed by atoms with Crippen molar-refractivity contribution in [3.05, 3.63) is 0 Å². The monoisotopic (exact) mass is 284 g/mol. The molecule has 0 bridgehead atoms. The summed E-state index contributed by atoms with van der Waals surface area (Å²) in [5.41, 5.74) is 4.99. The van der Waals surface area contributed by atoms with Crippen LogP contribution in [-0.4, -0.2) is 52.7 Å². The molecule has 2 aliphatic rings. The van der Waals surface area contributed by atoms with Crippen LogP contribution in [-0.2, 0) is 14.3 Å². The van der Waals surface area contributed by atoms with Gasteiger partial charge in [-0.15, -0.1) is 0 Å². The first kappa shape index (κ1) is 15.3. The lowest BCUT2D eigenvalue weighted by molar-refractivity contribution is -0.177. The van der Waals surface area contributed by atoms with Crippen molar-refractivity contribution >= 4 is 11.9 Å². The number of ether oxygens (including phenoxy) is 1. The molecule has 20 heavy (non-hydrogen) atoms. The first-order valence-corrected chi connectivity index (χ1v) is 7.18. The second-order valence-corrected chi connectivity index (χ2v) is 6.65. The molecule has 0 aromatic carbocycles. The van der Waals surface area contributed by atoms with Gasteiger partial charge >= 0.3 is 5.97 Å². The van der Waals surface area contributed by atoms with E-state index in [0.717, 1.165) is 25.7 Å². The normalized spacial score (nSPS) is 32.5. The number of rotatable bonds is 4. The molecule has 1 aliphatic heterocycles. The smallest absolute Gasteiger partial charge is 0.329 e. The molecular weight excluding hydrogens is 260 g/mol. The molecule has 2 rings (SSSR count). The Morgan fingerprint density at radius 1 is 1.45 bits per heavy atom. The first-order chi connectivity index (χ1) is 9.24. The minimum atomic E-state index is -0.993. The van der Waals surface area contributed by atoms with Gasteiger partial charge in [-0.05, 0) is 25.7 Å². The number of carbonyl (C=O) groups excluding carboxylic acids is 1.